The highest BCUT2D eigenvalue weighted by atomic mass is 35.5. The van der Waals surface area contributed by atoms with Crippen molar-refractivity contribution in [3.05, 3.63) is 47.5 Å². The fraction of sp³-hybridized carbons (Fsp3) is 0.333. The van der Waals surface area contributed by atoms with E-state index in [2.05, 4.69) is 17.0 Å². The molecule has 0 saturated heterocycles. The van der Waals surface area contributed by atoms with Gasteiger partial charge >= 0.3 is 0 Å². The van der Waals surface area contributed by atoms with E-state index in [1.165, 1.54) is 16.8 Å². The van der Waals surface area contributed by atoms with Crippen LogP contribution in [0, 0.1) is 0 Å². The van der Waals surface area contributed by atoms with E-state index in [-0.39, 0.29) is 12.4 Å². The molecular weight excluding hydrogens is 312 g/mol. The van der Waals surface area contributed by atoms with Gasteiger partial charge in [-0.3, -0.25) is 0 Å². The molecule has 0 spiro atoms. The summed E-state index contributed by atoms with van der Waals surface area (Å²) >= 11 is 0. The molecule has 0 atom stereocenters. The Morgan fingerprint density at radius 3 is 2.78 bits per heavy atom. The monoisotopic (exact) mass is 332 g/mol. The van der Waals surface area contributed by atoms with Gasteiger partial charge in [0, 0.05) is 30.0 Å². The molecule has 23 heavy (non-hydrogen) atoms. The second-order valence-corrected chi connectivity index (χ2v) is 5.81. The molecule has 0 fully saturated rings. The number of rotatable bonds is 2. The Balaban J connectivity index is 0.00000156. The van der Waals surface area contributed by atoms with E-state index in [1.807, 2.05) is 24.3 Å². The van der Waals surface area contributed by atoms with Crippen LogP contribution in [0.3, 0.4) is 0 Å². The lowest BCUT2D eigenvalue weighted by molar-refractivity contribution is 0.170. The molecule has 4 nitrogen and oxygen atoms in total. The summed E-state index contributed by atoms with van der Waals surface area (Å²) in [6.45, 7) is 3.11. The van der Waals surface area contributed by atoms with Crippen LogP contribution in [0.15, 0.2) is 36.4 Å². The molecule has 0 aliphatic carbocycles. The predicted molar refractivity (Wildman–Crippen MR) is 94.9 cm³/mol. The van der Waals surface area contributed by atoms with Gasteiger partial charge in [-0.25, -0.2) is 0 Å². The van der Waals surface area contributed by atoms with Crippen LogP contribution in [0.4, 0.5) is 11.4 Å². The van der Waals surface area contributed by atoms with Crippen molar-refractivity contribution in [1.82, 2.24) is 0 Å². The maximum Gasteiger partial charge on any atom is 0.166 e. The Kier molecular flexibility index (Phi) is 4.53. The minimum absolute atomic E-state index is 0. The fourth-order valence-corrected chi connectivity index (χ4v) is 3.36. The van der Waals surface area contributed by atoms with Crippen LogP contribution in [0.25, 0.3) is 0 Å². The van der Waals surface area contributed by atoms with Gasteiger partial charge in [-0.15, -0.1) is 12.4 Å². The van der Waals surface area contributed by atoms with Gasteiger partial charge in [0.25, 0.3) is 0 Å². The molecule has 2 heterocycles. The normalized spacial score (nSPS) is 15.6. The molecular formula is C18H21ClN2O2. The van der Waals surface area contributed by atoms with Gasteiger partial charge in [-0.1, -0.05) is 18.2 Å². The summed E-state index contributed by atoms with van der Waals surface area (Å²) in [5, 5.41) is 0. The third kappa shape index (κ3) is 2.91. The molecule has 0 saturated carbocycles. The van der Waals surface area contributed by atoms with Gasteiger partial charge in [0.2, 0.25) is 0 Å². The van der Waals surface area contributed by atoms with Crippen molar-refractivity contribution in [2.75, 3.05) is 30.4 Å². The summed E-state index contributed by atoms with van der Waals surface area (Å²) in [5.74, 6) is 1.75. The molecule has 5 heteroatoms. The van der Waals surface area contributed by atoms with Gasteiger partial charge in [-0.2, -0.15) is 0 Å². The van der Waals surface area contributed by atoms with Crippen molar-refractivity contribution in [3.63, 3.8) is 0 Å². The molecule has 0 amide bonds. The number of anilines is 2. The maximum absolute atomic E-state index is 6.14. The lowest BCUT2D eigenvalue weighted by atomic mass is 9.99. The van der Waals surface area contributed by atoms with E-state index < -0.39 is 0 Å². The average molecular weight is 333 g/mol. The zero-order valence-corrected chi connectivity index (χ0v) is 13.8. The van der Waals surface area contributed by atoms with Crippen LogP contribution in [0.2, 0.25) is 0 Å². The third-order valence-electron chi connectivity index (χ3n) is 4.39. The zero-order chi connectivity index (χ0) is 14.9. The van der Waals surface area contributed by atoms with Crippen LogP contribution < -0.4 is 20.1 Å². The standard InChI is InChI=1S/C18H20N2O2.ClH/c19-15-6-2-7-16-14(15)5-3-9-20(16)12-13-4-1-8-17-18(13)22-11-10-21-17;/h1-2,4,6-8H,3,5,9-12,19H2;1H. The Hall–Kier alpha value is -2.07. The summed E-state index contributed by atoms with van der Waals surface area (Å²) in [4.78, 5) is 2.39. The highest BCUT2D eigenvalue weighted by Gasteiger charge is 2.22. The maximum atomic E-state index is 6.14. The number of halogens is 1. The van der Waals surface area contributed by atoms with Crippen LogP contribution >= 0.6 is 12.4 Å². The molecule has 2 aromatic rings. The topological polar surface area (TPSA) is 47.7 Å². The molecule has 0 bridgehead atoms. The lowest BCUT2D eigenvalue weighted by Gasteiger charge is -2.33. The number of nitrogens with zero attached hydrogens (tertiary/aromatic N) is 1. The lowest BCUT2D eigenvalue weighted by Crippen LogP contribution is -2.30. The number of nitrogens with two attached hydrogens (primary N) is 1. The Labute approximate surface area is 142 Å². The molecule has 2 aliphatic heterocycles. The third-order valence-corrected chi connectivity index (χ3v) is 4.39. The fourth-order valence-electron chi connectivity index (χ4n) is 3.36. The minimum atomic E-state index is 0. The predicted octanol–water partition coefficient (Wildman–Crippen LogP) is 3.41. The Morgan fingerprint density at radius 1 is 1.04 bits per heavy atom. The number of para-hydroxylation sites is 1. The smallest absolute Gasteiger partial charge is 0.166 e. The highest BCUT2D eigenvalue weighted by molar-refractivity contribution is 5.85. The number of benzene rings is 2. The first-order chi connectivity index (χ1) is 10.8. The Bertz CT molecular complexity index is 705. The van der Waals surface area contributed by atoms with Crippen molar-refractivity contribution < 1.29 is 9.47 Å². The molecule has 0 unspecified atom stereocenters. The number of fused-ring (bicyclic) bond motifs is 2. The van der Waals surface area contributed by atoms with Gasteiger partial charge in [0.1, 0.15) is 13.2 Å². The molecule has 122 valence electrons. The van der Waals surface area contributed by atoms with Crippen molar-refractivity contribution in [3.8, 4) is 11.5 Å². The van der Waals surface area contributed by atoms with Crippen molar-refractivity contribution in [1.29, 1.82) is 0 Å². The molecule has 0 radical (unpaired) electrons. The second kappa shape index (κ2) is 6.59. The minimum Gasteiger partial charge on any atom is -0.486 e. The van der Waals surface area contributed by atoms with E-state index in [9.17, 15) is 0 Å². The number of ether oxygens (including phenoxy) is 2. The van der Waals surface area contributed by atoms with E-state index in [4.69, 9.17) is 15.2 Å². The Morgan fingerprint density at radius 2 is 1.87 bits per heavy atom. The van der Waals surface area contributed by atoms with Gasteiger partial charge in [0.05, 0.1) is 0 Å². The first kappa shape index (κ1) is 15.8. The van der Waals surface area contributed by atoms with Gasteiger partial charge in [-0.05, 0) is 36.6 Å². The van der Waals surface area contributed by atoms with E-state index in [1.54, 1.807) is 0 Å². The first-order valence-corrected chi connectivity index (χ1v) is 7.83. The van der Waals surface area contributed by atoms with Crippen LogP contribution in [-0.2, 0) is 13.0 Å². The van der Waals surface area contributed by atoms with Crippen LogP contribution in [0.1, 0.15) is 17.5 Å². The number of hydrogen-bond acceptors (Lipinski definition) is 4. The van der Waals surface area contributed by atoms with E-state index in [0.29, 0.717) is 13.2 Å². The molecule has 0 aromatic heterocycles. The second-order valence-electron chi connectivity index (χ2n) is 5.81. The van der Waals surface area contributed by atoms with Crippen LogP contribution in [-0.4, -0.2) is 19.8 Å². The average Bonchev–Trinajstić information content (AvgIpc) is 2.56. The van der Waals surface area contributed by atoms with E-state index in [0.717, 1.165) is 43.1 Å². The summed E-state index contributed by atoms with van der Waals surface area (Å²) < 4.78 is 11.5. The highest BCUT2D eigenvalue weighted by Crippen LogP contribution is 2.37. The van der Waals surface area contributed by atoms with Crippen molar-refractivity contribution >= 4 is 23.8 Å². The SMILES string of the molecule is Cl.Nc1cccc2c1CCCN2Cc1cccc2c1OCCO2. The molecule has 2 N–H and O–H groups in total. The molecule has 2 aromatic carbocycles. The van der Waals surface area contributed by atoms with Crippen molar-refractivity contribution in [2.45, 2.75) is 19.4 Å². The van der Waals surface area contributed by atoms with E-state index >= 15 is 0 Å². The number of nitrogen functional groups attached to an aromatic ring is 1. The van der Waals surface area contributed by atoms with Gasteiger partial charge in [0.15, 0.2) is 11.5 Å². The number of hydrogen-bond donors (Lipinski definition) is 1. The zero-order valence-electron chi connectivity index (χ0n) is 13.0. The van der Waals surface area contributed by atoms with Gasteiger partial charge < -0.3 is 20.1 Å². The summed E-state index contributed by atoms with van der Waals surface area (Å²) in [5.41, 5.74) is 10.7. The first-order valence-electron chi connectivity index (χ1n) is 7.83. The quantitative estimate of drug-likeness (QED) is 0.856. The van der Waals surface area contributed by atoms with Crippen molar-refractivity contribution in [2.24, 2.45) is 0 Å². The molecule has 2 aliphatic rings. The largest absolute Gasteiger partial charge is 0.486 e. The van der Waals surface area contributed by atoms with Crippen LogP contribution in [0.5, 0.6) is 11.5 Å². The summed E-state index contributed by atoms with van der Waals surface area (Å²) in [6, 6.07) is 12.3. The summed E-state index contributed by atoms with van der Waals surface area (Å²) in [7, 11) is 0. The summed E-state index contributed by atoms with van der Waals surface area (Å²) in [6.07, 6.45) is 2.19. The molecule has 4 rings (SSSR count).